The van der Waals surface area contributed by atoms with Crippen molar-refractivity contribution in [1.29, 1.82) is 0 Å². The van der Waals surface area contributed by atoms with Gasteiger partial charge in [0, 0.05) is 24.8 Å². The van der Waals surface area contributed by atoms with E-state index in [1.54, 1.807) is 10.9 Å². The van der Waals surface area contributed by atoms with Crippen LogP contribution in [0.2, 0.25) is 0 Å². The van der Waals surface area contributed by atoms with Crippen molar-refractivity contribution in [1.82, 2.24) is 9.78 Å². The number of nitrogens with one attached hydrogen (secondary N) is 1. The monoisotopic (exact) mass is 423 g/mol. The highest BCUT2D eigenvalue weighted by molar-refractivity contribution is 5.90. The largest absolute Gasteiger partial charge is 0.490 e. The molecule has 3 rings (SSSR count). The molecule has 0 atom stereocenters. The summed E-state index contributed by atoms with van der Waals surface area (Å²) < 4.78 is 18.9. The maximum absolute atomic E-state index is 12.1. The fourth-order valence-electron chi connectivity index (χ4n) is 3.02. The summed E-state index contributed by atoms with van der Waals surface area (Å²) in [7, 11) is 0. The van der Waals surface area contributed by atoms with E-state index in [4.69, 9.17) is 14.2 Å². The summed E-state index contributed by atoms with van der Waals surface area (Å²) >= 11 is 0. The molecule has 3 aromatic rings. The Hall–Kier alpha value is -3.48. The maximum atomic E-state index is 12.1. The van der Waals surface area contributed by atoms with Crippen LogP contribution < -0.4 is 19.5 Å². The van der Waals surface area contributed by atoms with Crippen LogP contribution in [0.5, 0.6) is 17.2 Å². The molecule has 0 unspecified atom stereocenters. The quantitative estimate of drug-likeness (QED) is 0.488. The molecule has 164 valence electrons. The number of anilines is 1. The Labute approximate surface area is 182 Å². The highest BCUT2D eigenvalue weighted by atomic mass is 16.5. The summed E-state index contributed by atoms with van der Waals surface area (Å²) in [5.41, 5.74) is 2.79. The van der Waals surface area contributed by atoms with Gasteiger partial charge in [0.2, 0.25) is 5.91 Å². The van der Waals surface area contributed by atoms with Crippen LogP contribution in [0.4, 0.5) is 5.69 Å². The van der Waals surface area contributed by atoms with Crippen LogP contribution >= 0.6 is 0 Å². The van der Waals surface area contributed by atoms with Crippen molar-refractivity contribution in [3.8, 4) is 17.2 Å². The van der Waals surface area contributed by atoms with Gasteiger partial charge in [-0.15, -0.1) is 0 Å². The number of amides is 1. The number of hydrogen-bond acceptors (Lipinski definition) is 5. The zero-order valence-electron chi connectivity index (χ0n) is 18.3. The molecule has 0 bridgehead atoms. The first kappa shape index (κ1) is 22.2. The standard InChI is InChI=1S/C24H29N3O4/c1-4-29-22-11-6-19(14-23(22)30-5-2)17-31-21-9-7-20(8-10-21)26-24(28)12-13-27-16-18(3)15-25-27/h6-11,14-16H,4-5,12-13,17H2,1-3H3,(H,26,28). The Morgan fingerprint density at radius 1 is 1.00 bits per heavy atom. The molecule has 7 nitrogen and oxygen atoms in total. The molecule has 31 heavy (non-hydrogen) atoms. The van der Waals surface area contributed by atoms with Gasteiger partial charge in [-0.3, -0.25) is 9.48 Å². The van der Waals surface area contributed by atoms with Crippen molar-refractivity contribution >= 4 is 11.6 Å². The molecule has 0 saturated carbocycles. The third-order valence-corrected chi connectivity index (χ3v) is 4.48. The molecule has 1 N–H and O–H groups in total. The van der Waals surface area contributed by atoms with Crippen LogP contribution in [0.15, 0.2) is 54.9 Å². The summed E-state index contributed by atoms with van der Waals surface area (Å²) in [5, 5.41) is 7.08. The molecule has 7 heteroatoms. The van der Waals surface area contributed by atoms with Crippen molar-refractivity contribution < 1.29 is 19.0 Å². The van der Waals surface area contributed by atoms with Crippen molar-refractivity contribution in [2.75, 3.05) is 18.5 Å². The number of hydrogen-bond donors (Lipinski definition) is 1. The predicted octanol–water partition coefficient (Wildman–Crippen LogP) is 4.60. The summed E-state index contributed by atoms with van der Waals surface area (Å²) in [6, 6.07) is 13.1. The zero-order valence-corrected chi connectivity index (χ0v) is 18.3. The number of carbonyl (C=O) groups excluding carboxylic acids is 1. The Morgan fingerprint density at radius 2 is 1.74 bits per heavy atom. The number of nitrogens with zero attached hydrogens (tertiary/aromatic N) is 2. The minimum atomic E-state index is -0.0559. The molecule has 0 spiro atoms. The maximum Gasteiger partial charge on any atom is 0.226 e. The minimum absolute atomic E-state index is 0.0559. The Balaban J connectivity index is 1.50. The number of benzene rings is 2. The third kappa shape index (κ3) is 6.77. The second kappa shape index (κ2) is 11.1. The van der Waals surface area contributed by atoms with Gasteiger partial charge in [0.25, 0.3) is 0 Å². The number of aryl methyl sites for hydroxylation is 2. The first-order chi connectivity index (χ1) is 15.1. The number of rotatable bonds is 11. The molecule has 1 amide bonds. The average molecular weight is 424 g/mol. The van der Waals surface area contributed by atoms with Crippen LogP contribution in [0, 0.1) is 6.92 Å². The van der Waals surface area contributed by atoms with E-state index in [0.717, 1.165) is 28.3 Å². The lowest BCUT2D eigenvalue weighted by molar-refractivity contribution is -0.116. The summed E-state index contributed by atoms with van der Waals surface area (Å²) in [4.78, 5) is 12.1. The van der Waals surface area contributed by atoms with Gasteiger partial charge in [-0.25, -0.2) is 0 Å². The molecule has 0 radical (unpaired) electrons. The van der Waals surface area contributed by atoms with Crippen molar-refractivity contribution in [2.45, 2.75) is 40.3 Å². The zero-order chi connectivity index (χ0) is 22.1. The van der Waals surface area contributed by atoms with E-state index in [2.05, 4.69) is 10.4 Å². The smallest absolute Gasteiger partial charge is 0.226 e. The molecule has 1 aromatic heterocycles. The average Bonchev–Trinajstić information content (AvgIpc) is 3.19. The third-order valence-electron chi connectivity index (χ3n) is 4.48. The number of carbonyl (C=O) groups is 1. The lowest BCUT2D eigenvalue weighted by Crippen LogP contribution is -2.14. The van der Waals surface area contributed by atoms with E-state index >= 15 is 0 Å². The summed E-state index contributed by atoms with van der Waals surface area (Å²) in [6.07, 6.45) is 4.06. The van der Waals surface area contributed by atoms with Crippen LogP contribution in [0.25, 0.3) is 0 Å². The fraction of sp³-hybridized carbons (Fsp3) is 0.333. The van der Waals surface area contributed by atoms with Gasteiger partial charge in [-0.1, -0.05) is 6.07 Å². The second-order valence-corrected chi connectivity index (χ2v) is 7.04. The number of aromatic nitrogens is 2. The van der Waals surface area contributed by atoms with Crippen LogP contribution in [0.1, 0.15) is 31.4 Å². The van der Waals surface area contributed by atoms with E-state index in [1.165, 1.54) is 0 Å². The minimum Gasteiger partial charge on any atom is -0.490 e. The van der Waals surface area contributed by atoms with Gasteiger partial charge in [0.15, 0.2) is 11.5 Å². The molecule has 0 fully saturated rings. The SMILES string of the molecule is CCOc1ccc(COc2ccc(NC(=O)CCn3cc(C)cn3)cc2)cc1OCC. The number of ether oxygens (including phenoxy) is 3. The molecule has 0 aliphatic rings. The van der Waals surface area contributed by atoms with Gasteiger partial charge in [0.1, 0.15) is 12.4 Å². The van der Waals surface area contributed by atoms with Gasteiger partial charge < -0.3 is 19.5 Å². The van der Waals surface area contributed by atoms with E-state index < -0.39 is 0 Å². The van der Waals surface area contributed by atoms with Crippen LogP contribution in [-0.4, -0.2) is 28.9 Å². The summed E-state index contributed by atoms with van der Waals surface area (Å²) in [6.45, 7) is 7.97. The van der Waals surface area contributed by atoms with Crippen molar-refractivity contribution in [2.24, 2.45) is 0 Å². The predicted molar refractivity (Wildman–Crippen MR) is 120 cm³/mol. The van der Waals surface area contributed by atoms with Gasteiger partial charge in [-0.2, -0.15) is 5.10 Å². The molecular weight excluding hydrogens is 394 g/mol. The fourth-order valence-corrected chi connectivity index (χ4v) is 3.02. The lowest BCUT2D eigenvalue weighted by atomic mass is 10.2. The molecule has 0 aliphatic heterocycles. The lowest BCUT2D eigenvalue weighted by Gasteiger charge is -2.13. The summed E-state index contributed by atoms with van der Waals surface area (Å²) in [5.74, 6) is 2.11. The molecule has 0 saturated heterocycles. The first-order valence-corrected chi connectivity index (χ1v) is 10.5. The van der Waals surface area contributed by atoms with Gasteiger partial charge in [0.05, 0.1) is 19.4 Å². The van der Waals surface area contributed by atoms with E-state index in [0.29, 0.717) is 38.5 Å². The van der Waals surface area contributed by atoms with Gasteiger partial charge >= 0.3 is 0 Å². The Bertz CT molecular complexity index is 983. The van der Waals surface area contributed by atoms with E-state index in [-0.39, 0.29) is 5.91 Å². The van der Waals surface area contributed by atoms with Crippen molar-refractivity contribution in [3.63, 3.8) is 0 Å². The molecule has 0 aliphatic carbocycles. The Morgan fingerprint density at radius 3 is 2.42 bits per heavy atom. The molecule has 2 aromatic carbocycles. The van der Waals surface area contributed by atoms with E-state index in [9.17, 15) is 4.79 Å². The van der Waals surface area contributed by atoms with Crippen LogP contribution in [-0.2, 0) is 17.9 Å². The van der Waals surface area contributed by atoms with Crippen molar-refractivity contribution in [3.05, 3.63) is 66.0 Å². The first-order valence-electron chi connectivity index (χ1n) is 10.5. The second-order valence-electron chi connectivity index (χ2n) is 7.04. The normalized spacial score (nSPS) is 10.5. The Kier molecular flexibility index (Phi) is 7.92. The topological polar surface area (TPSA) is 74.6 Å². The highest BCUT2D eigenvalue weighted by Crippen LogP contribution is 2.29. The van der Waals surface area contributed by atoms with Crippen LogP contribution in [0.3, 0.4) is 0 Å². The highest BCUT2D eigenvalue weighted by Gasteiger charge is 2.08. The molecular formula is C24H29N3O4. The van der Waals surface area contributed by atoms with E-state index in [1.807, 2.05) is 69.4 Å². The van der Waals surface area contributed by atoms with Gasteiger partial charge in [-0.05, 0) is 68.3 Å². The molecule has 1 heterocycles.